The van der Waals surface area contributed by atoms with Crippen LogP contribution >= 0.6 is 0 Å². The topological polar surface area (TPSA) is 76.4 Å². The maximum absolute atomic E-state index is 8.82. The number of nitrogens with zero attached hydrogens (tertiary/aromatic N) is 3. The van der Waals surface area contributed by atoms with Gasteiger partial charge in [0.1, 0.15) is 0 Å². The number of hydrogen-bond donors (Lipinski definition) is 2. The van der Waals surface area contributed by atoms with E-state index in [1.807, 2.05) is 31.2 Å². The van der Waals surface area contributed by atoms with Crippen molar-refractivity contribution in [1.29, 1.82) is 0 Å². The molecule has 5 heteroatoms. The van der Waals surface area contributed by atoms with Crippen molar-refractivity contribution in [3.05, 3.63) is 47.3 Å². The maximum Gasteiger partial charge on any atom is 0.221 e. The minimum absolute atomic E-state index is 0.165. The van der Waals surface area contributed by atoms with Crippen molar-refractivity contribution >= 4 is 12.2 Å². The monoisotopic (exact) mass is 244 g/mol. The first-order chi connectivity index (χ1) is 8.69. The summed E-state index contributed by atoms with van der Waals surface area (Å²) in [6.07, 6.45) is 4.16. The van der Waals surface area contributed by atoms with Crippen LogP contribution in [0.5, 0.6) is 0 Å². The third-order valence-electron chi connectivity index (χ3n) is 2.55. The molecule has 1 aromatic heterocycles. The molecular weight excluding hydrogens is 228 g/mol. The number of anilines is 1. The molecule has 0 aliphatic rings. The smallest absolute Gasteiger partial charge is 0.221 e. The highest BCUT2D eigenvalue weighted by atomic mass is 16.2. The number of aryl methyl sites for hydroxylation is 1. The Morgan fingerprint density at radius 3 is 2.67 bits per heavy atom. The summed E-state index contributed by atoms with van der Waals surface area (Å²) in [6, 6.07) is 7.85. The van der Waals surface area contributed by atoms with Gasteiger partial charge in [-0.1, -0.05) is 24.3 Å². The van der Waals surface area contributed by atoms with E-state index in [2.05, 4.69) is 10.1 Å². The van der Waals surface area contributed by atoms with Gasteiger partial charge in [-0.15, -0.1) is 0 Å². The Bertz CT molecular complexity index is 543. The predicted molar refractivity (Wildman–Crippen MR) is 71.6 cm³/mol. The van der Waals surface area contributed by atoms with Gasteiger partial charge in [-0.05, 0) is 24.5 Å². The molecule has 2 aromatic rings. The van der Waals surface area contributed by atoms with Crippen LogP contribution in [-0.4, -0.2) is 27.6 Å². The lowest BCUT2D eigenvalue weighted by Gasteiger charge is -1.99. The molecule has 2 rings (SSSR count). The molecule has 0 fully saturated rings. The van der Waals surface area contributed by atoms with Gasteiger partial charge >= 0.3 is 0 Å². The third-order valence-corrected chi connectivity index (χ3v) is 2.55. The van der Waals surface area contributed by atoms with Gasteiger partial charge in [-0.2, -0.15) is 5.10 Å². The lowest BCUT2D eigenvalue weighted by molar-refractivity contribution is 0.299. The number of hydrogen-bond acceptors (Lipinski definition) is 4. The molecule has 0 aliphatic heterocycles. The number of rotatable bonds is 4. The summed E-state index contributed by atoms with van der Waals surface area (Å²) in [4.78, 5) is 4.06. The van der Waals surface area contributed by atoms with Crippen molar-refractivity contribution in [2.75, 3.05) is 12.3 Å². The minimum atomic E-state index is 0.165. The Morgan fingerprint density at radius 2 is 2.11 bits per heavy atom. The number of aromatic nitrogens is 2. The Kier molecular flexibility index (Phi) is 3.74. The molecule has 0 saturated carbocycles. The number of aliphatic hydroxyl groups excluding tert-OH is 1. The number of imidazole rings is 1. The van der Waals surface area contributed by atoms with Gasteiger partial charge < -0.3 is 10.8 Å². The lowest BCUT2D eigenvalue weighted by atomic mass is 10.1. The van der Waals surface area contributed by atoms with Crippen LogP contribution in [0.25, 0.3) is 0 Å². The van der Waals surface area contributed by atoms with E-state index >= 15 is 0 Å². The zero-order valence-corrected chi connectivity index (χ0v) is 10.2. The molecule has 0 bridgehead atoms. The molecule has 0 unspecified atom stereocenters. The second kappa shape index (κ2) is 5.46. The summed E-state index contributed by atoms with van der Waals surface area (Å²) in [5, 5.41) is 13.1. The van der Waals surface area contributed by atoms with Crippen LogP contribution in [0.3, 0.4) is 0 Å². The fourth-order valence-corrected chi connectivity index (χ4v) is 1.62. The molecule has 18 heavy (non-hydrogen) atoms. The van der Waals surface area contributed by atoms with Crippen molar-refractivity contribution in [3.8, 4) is 0 Å². The van der Waals surface area contributed by atoms with Crippen LogP contribution in [0, 0.1) is 6.92 Å². The minimum Gasteiger partial charge on any atom is -0.396 e. The molecule has 1 heterocycles. The first-order valence-electron chi connectivity index (χ1n) is 5.74. The molecule has 0 spiro atoms. The molecule has 94 valence electrons. The number of nitrogens with two attached hydrogens (primary N) is 1. The van der Waals surface area contributed by atoms with E-state index in [1.54, 1.807) is 12.4 Å². The average Bonchev–Trinajstić information content (AvgIpc) is 2.67. The normalized spacial score (nSPS) is 11.2. The summed E-state index contributed by atoms with van der Waals surface area (Å²) in [7, 11) is 0. The van der Waals surface area contributed by atoms with E-state index in [0.29, 0.717) is 12.4 Å². The molecule has 0 aliphatic carbocycles. The Morgan fingerprint density at radius 1 is 1.39 bits per heavy atom. The zero-order valence-electron chi connectivity index (χ0n) is 10.2. The highest BCUT2D eigenvalue weighted by molar-refractivity contribution is 5.79. The molecule has 3 N–H and O–H groups in total. The second-order valence-electron chi connectivity index (χ2n) is 4.04. The van der Waals surface area contributed by atoms with Crippen LogP contribution in [0.4, 0.5) is 5.95 Å². The zero-order chi connectivity index (χ0) is 13.0. The van der Waals surface area contributed by atoms with E-state index in [0.717, 1.165) is 16.8 Å². The Balaban J connectivity index is 2.11. The molecule has 5 nitrogen and oxygen atoms in total. The van der Waals surface area contributed by atoms with E-state index in [-0.39, 0.29) is 6.61 Å². The van der Waals surface area contributed by atoms with E-state index < -0.39 is 0 Å². The highest BCUT2D eigenvalue weighted by Crippen LogP contribution is 2.05. The second-order valence-corrected chi connectivity index (χ2v) is 4.04. The number of aliphatic hydroxyl groups is 1. The maximum atomic E-state index is 8.82. The quantitative estimate of drug-likeness (QED) is 0.793. The summed E-state index contributed by atoms with van der Waals surface area (Å²) in [5.41, 5.74) is 8.59. The average molecular weight is 244 g/mol. The fraction of sp³-hybridized carbons (Fsp3) is 0.231. The van der Waals surface area contributed by atoms with Gasteiger partial charge in [-0.25, -0.2) is 9.66 Å². The summed E-state index contributed by atoms with van der Waals surface area (Å²) in [5.74, 6) is 0.376. The molecule has 1 aromatic carbocycles. The van der Waals surface area contributed by atoms with Crippen molar-refractivity contribution in [2.45, 2.75) is 13.3 Å². The summed E-state index contributed by atoms with van der Waals surface area (Å²) >= 11 is 0. The molecule has 0 atom stereocenters. The van der Waals surface area contributed by atoms with Gasteiger partial charge in [0, 0.05) is 6.61 Å². The first kappa shape index (κ1) is 12.3. The van der Waals surface area contributed by atoms with E-state index in [4.69, 9.17) is 10.8 Å². The van der Waals surface area contributed by atoms with Crippen LogP contribution in [0.1, 0.15) is 16.8 Å². The van der Waals surface area contributed by atoms with Gasteiger partial charge in [0.15, 0.2) is 0 Å². The summed E-state index contributed by atoms with van der Waals surface area (Å²) < 4.78 is 1.54. The molecule has 0 saturated heterocycles. The molecule has 0 amide bonds. The van der Waals surface area contributed by atoms with Gasteiger partial charge in [0.05, 0.1) is 18.1 Å². The van der Waals surface area contributed by atoms with E-state index in [9.17, 15) is 0 Å². The van der Waals surface area contributed by atoms with Crippen molar-refractivity contribution < 1.29 is 5.11 Å². The number of nitrogen functional groups attached to an aromatic ring is 1. The SMILES string of the molecule is Cc1cn(N=Cc2ccc(CCO)cc2)c(N)n1. The largest absolute Gasteiger partial charge is 0.396 e. The van der Waals surface area contributed by atoms with Gasteiger partial charge in [0.25, 0.3) is 0 Å². The Labute approximate surface area is 106 Å². The predicted octanol–water partition coefficient (Wildman–Crippen LogP) is 1.19. The third kappa shape index (κ3) is 2.95. The van der Waals surface area contributed by atoms with Crippen LogP contribution in [-0.2, 0) is 6.42 Å². The molecule has 0 radical (unpaired) electrons. The fourth-order valence-electron chi connectivity index (χ4n) is 1.62. The highest BCUT2D eigenvalue weighted by Gasteiger charge is 1.98. The molecular formula is C13H16N4O. The van der Waals surface area contributed by atoms with E-state index in [1.165, 1.54) is 4.68 Å². The lowest BCUT2D eigenvalue weighted by Crippen LogP contribution is -1.97. The van der Waals surface area contributed by atoms with Crippen molar-refractivity contribution in [1.82, 2.24) is 9.66 Å². The van der Waals surface area contributed by atoms with Crippen LogP contribution in [0.15, 0.2) is 35.6 Å². The Hall–Kier alpha value is -2.14. The van der Waals surface area contributed by atoms with Gasteiger partial charge in [-0.3, -0.25) is 0 Å². The van der Waals surface area contributed by atoms with Gasteiger partial charge in [0.2, 0.25) is 5.95 Å². The van der Waals surface area contributed by atoms with Crippen LogP contribution in [0.2, 0.25) is 0 Å². The standard InChI is InChI=1S/C13H16N4O/c1-10-9-17(13(14)16-10)15-8-12-4-2-11(3-5-12)6-7-18/h2-5,8-9,18H,6-7H2,1H3,(H2,14,16). The van der Waals surface area contributed by atoms with Crippen LogP contribution < -0.4 is 5.73 Å². The number of benzene rings is 1. The van der Waals surface area contributed by atoms with Crippen molar-refractivity contribution in [2.24, 2.45) is 5.10 Å². The van der Waals surface area contributed by atoms with Crippen molar-refractivity contribution in [3.63, 3.8) is 0 Å². The summed E-state index contributed by atoms with van der Waals surface area (Å²) in [6.45, 7) is 2.03. The first-order valence-corrected chi connectivity index (χ1v) is 5.74.